The fourth-order valence-electron chi connectivity index (χ4n) is 1.97. The van der Waals surface area contributed by atoms with Crippen LogP contribution in [0.15, 0.2) is 22.7 Å². The summed E-state index contributed by atoms with van der Waals surface area (Å²) in [6, 6.07) is 6.28. The Bertz CT molecular complexity index is 414. The number of halogens is 1. The maximum atomic E-state index is 11.5. The first kappa shape index (κ1) is 11.6. The van der Waals surface area contributed by atoms with Crippen molar-refractivity contribution >= 4 is 21.9 Å². The Labute approximate surface area is 104 Å². The van der Waals surface area contributed by atoms with Crippen LogP contribution in [0.25, 0.3) is 0 Å². The molecule has 1 fully saturated rings. The van der Waals surface area contributed by atoms with E-state index in [2.05, 4.69) is 35.0 Å². The molecule has 0 saturated heterocycles. The molecule has 2 atom stereocenters. The highest BCUT2D eigenvalue weighted by Crippen LogP contribution is 2.48. The van der Waals surface area contributed by atoms with E-state index in [0.717, 1.165) is 10.9 Å². The fraction of sp³-hybridized carbons (Fsp3) is 0.462. The van der Waals surface area contributed by atoms with Gasteiger partial charge >= 0.3 is 5.97 Å². The van der Waals surface area contributed by atoms with Crippen molar-refractivity contribution in [3.8, 4) is 0 Å². The standard InChI is InChI=1S/C13H15BrO2/c1-3-16-13(15)11-7-10(11)9-4-5-12(14)8(2)6-9/h4-6,10-11H,3,7H2,1-2H3. The molecule has 2 nitrogen and oxygen atoms in total. The Kier molecular flexibility index (Phi) is 3.33. The van der Waals surface area contributed by atoms with Crippen LogP contribution < -0.4 is 0 Å². The highest BCUT2D eigenvalue weighted by molar-refractivity contribution is 9.10. The van der Waals surface area contributed by atoms with Gasteiger partial charge in [-0.3, -0.25) is 4.79 Å². The molecule has 0 bridgehead atoms. The minimum atomic E-state index is -0.0481. The minimum absolute atomic E-state index is 0.0481. The lowest BCUT2D eigenvalue weighted by Crippen LogP contribution is -2.07. The van der Waals surface area contributed by atoms with Gasteiger partial charge in [0, 0.05) is 4.47 Å². The van der Waals surface area contributed by atoms with Gasteiger partial charge in [0.25, 0.3) is 0 Å². The van der Waals surface area contributed by atoms with E-state index in [1.165, 1.54) is 11.1 Å². The molecular weight excluding hydrogens is 268 g/mol. The molecule has 0 amide bonds. The van der Waals surface area contributed by atoms with E-state index < -0.39 is 0 Å². The minimum Gasteiger partial charge on any atom is -0.466 e. The van der Waals surface area contributed by atoms with Gasteiger partial charge in [0.15, 0.2) is 0 Å². The number of ether oxygens (including phenoxy) is 1. The van der Waals surface area contributed by atoms with Crippen LogP contribution in [0.4, 0.5) is 0 Å². The number of esters is 1. The lowest BCUT2D eigenvalue weighted by Gasteiger charge is -2.04. The van der Waals surface area contributed by atoms with E-state index in [-0.39, 0.29) is 11.9 Å². The fourth-order valence-corrected chi connectivity index (χ4v) is 2.22. The molecule has 1 saturated carbocycles. The molecule has 0 N–H and O–H groups in total. The highest BCUT2D eigenvalue weighted by Gasteiger charge is 2.45. The first-order valence-corrected chi connectivity index (χ1v) is 6.35. The summed E-state index contributed by atoms with van der Waals surface area (Å²) in [6.07, 6.45) is 0.930. The molecule has 1 aliphatic rings. The van der Waals surface area contributed by atoms with Gasteiger partial charge in [-0.25, -0.2) is 0 Å². The van der Waals surface area contributed by atoms with Crippen LogP contribution in [0, 0.1) is 12.8 Å². The molecule has 16 heavy (non-hydrogen) atoms. The number of hydrogen-bond acceptors (Lipinski definition) is 2. The van der Waals surface area contributed by atoms with Gasteiger partial charge in [0.05, 0.1) is 12.5 Å². The van der Waals surface area contributed by atoms with Crippen molar-refractivity contribution in [2.45, 2.75) is 26.2 Å². The van der Waals surface area contributed by atoms with Crippen LogP contribution in [0.1, 0.15) is 30.4 Å². The van der Waals surface area contributed by atoms with E-state index in [1.807, 2.05) is 13.0 Å². The zero-order valence-electron chi connectivity index (χ0n) is 9.50. The zero-order valence-corrected chi connectivity index (χ0v) is 11.1. The van der Waals surface area contributed by atoms with E-state index in [9.17, 15) is 4.79 Å². The largest absolute Gasteiger partial charge is 0.466 e. The van der Waals surface area contributed by atoms with Gasteiger partial charge in [0.2, 0.25) is 0 Å². The van der Waals surface area contributed by atoms with Crippen LogP contribution in [0.3, 0.4) is 0 Å². The molecule has 1 aliphatic carbocycles. The summed E-state index contributed by atoms with van der Waals surface area (Å²) >= 11 is 3.48. The topological polar surface area (TPSA) is 26.3 Å². The number of carbonyl (C=O) groups excluding carboxylic acids is 1. The summed E-state index contributed by atoms with van der Waals surface area (Å²) in [4.78, 5) is 11.5. The molecule has 0 aromatic heterocycles. The van der Waals surface area contributed by atoms with Gasteiger partial charge in [-0.05, 0) is 43.4 Å². The number of carbonyl (C=O) groups is 1. The van der Waals surface area contributed by atoms with Gasteiger partial charge < -0.3 is 4.74 Å². The summed E-state index contributed by atoms with van der Waals surface area (Å²) in [5, 5.41) is 0. The molecule has 2 unspecified atom stereocenters. The lowest BCUT2D eigenvalue weighted by molar-refractivity contribution is -0.144. The normalized spacial score (nSPS) is 22.9. The summed E-state index contributed by atoms with van der Waals surface area (Å²) in [6.45, 7) is 4.38. The van der Waals surface area contributed by atoms with E-state index in [0.29, 0.717) is 12.5 Å². The Hall–Kier alpha value is -0.830. The number of aryl methyl sites for hydroxylation is 1. The monoisotopic (exact) mass is 282 g/mol. The lowest BCUT2D eigenvalue weighted by atomic mass is 10.1. The van der Waals surface area contributed by atoms with E-state index >= 15 is 0 Å². The van der Waals surface area contributed by atoms with Crippen molar-refractivity contribution in [2.24, 2.45) is 5.92 Å². The molecule has 86 valence electrons. The first-order chi connectivity index (χ1) is 7.63. The summed E-state index contributed by atoms with van der Waals surface area (Å²) in [5.41, 5.74) is 2.46. The highest BCUT2D eigenvalue weighted by atomic mass is 79.9. The van der Waals surface area contributed by atoms with Gasteiger partial charge in [0.1, 0.15) is 0 Å². The maximum absolute atomic E-state index is 11.5. The summed E-state index contributed by atoms with van der Waals surface area (Å²) in [5.74, 6) is 0.402. The second-order valence-corrected chi connectivity index (χ2v) is 5.06. The van der Waals surface area contributed by atoms with Gasteiger partial charge in [-0.2, -0.15) is 0 Å². The maximum Gasteiger partial charge on any atom is 0.309 e. The SMILES string of the molecule is CCOC(=O)C1CC1c1ccc(Br)c(C)c1. The average molecular weight is 283 g/mol. The molecule has 1 aromatic carbocycles. The Balaban J connectivity index is 2.06. The average Bonchev–Trinajstić information content (AvgIpc) is 3.02. The quantitative estimate of drug-likeness (QED) is 0.794. The molecule has 0 spiro atoms. The van der Waals surface area contributed by atoms with Crippen molar-refractivity contribution in [3.63, 3.8) is 0 Å². The van der Waals surface area contributed by atoms with Crippen molar-refractivity contribution in [2.75, 3.05) is 6.61 Å². The van der Waals surface area contributed by atoms with Crippen LogP contribution in [0.5, 0.6) is 0 Å². The molecule has 3 heteroatoms. The second kappa shape index (κ2) is 4.58. The van der Waals surface area contributed by atoms with E-state index in [1.54, 1.807) is 0 Å². The third-order valence-corrected chi connectivity index (χ3v) is 3.88. The van der Waals surface area contributed by atoms with Gasteiger partial charge in [-0.1, -0.05) is 28.1 Å². The smallest absolute Gasteiger partial charge is 0.309 e. The third kappa shape index (κ3) is 2.29. The van der Waals surface area contributed by atoms with Crippen LogP contribution in [-0.2, 0) is 9.53 Å². The molecule has 0 heterocycles. The Morgan fingerprint density at radius 2 is 2.31 bits per heavy atom. The van der Waals surface area contributed by atoms with Gasteiger partial charge in [-0.15, -0.1) is 0 Å². The third-order valence-electron chi connectivity index (χ3n) is 2.99. The Morgan fingerprint density at radius 3 is 2.94 bits per heavy atom. The first-order valence-electron chi connectivity index (χ1n) is 5.56. The van der Waals surface area contributed by atoms with Crippen molar-refractivity contribution < 1.29 is 9.53 Å². The van der Waals surface area contributed by atoms with E-state index in [4.69, 9.17) is 4.74 Å². The van der Waals surface area contributed by atoms with Crippen molar-refractivity contribution in [1.29, 1.82) is 0 Å². The van der Waals surface area contributed by atoms with Crippen LogP contribution in [0.2, 0.25) is 0 Å². The predicted molar refractivity (Wildman–Crippen MR) is 66.4 cm³/mol. The molecule has 0 aliphatic heterocycles. The molecule has 1 aromatic rings. The zero-order chi connectivity index (χ0) is 11.7. The number of hydrogen-bond donors (Lipinski definition) is 0. The van der Waals surface area contributed by atoms with Crippen LogP contribution in [-0.4, -0.2) is 12.6 Å². The predicted octanol–water partition coefficient (Wildman–Crippen LogP) is 3.42. The number of benzene rings is 1. The van der Waals surface area contributed by atoms with Crippen molar-refractivity contribution in [1.82, 2.24) is 0 Å². The Morgan fingerprint density at radius 1 is 1.56 bits per heavy atom. The molecular formula is C13H15BrO2. The second-order valence-electron chi connectivity index (χ2n) is 4.21. The summed E-state index contributed by atoms with van der Waals surface area (Å²) < 4.78 is 6.14. The molecule has 0 radical (unpaired) electrons. The van der Waals surface area contributed by atoms with Crippen LogP contribution >= 0.6 is 15.9 Å². The summed E-state index contributed by atoms with van der Waals surface area (Å²) in [7, 11) is 0. The molecule has 2 rings (SSSR count). The van der Waals surface area contributed by atoms with Crippen molar-refractivity contribution in [3.05, 3.63) is 33.8 Å². The number of rotatable bonds is 3.